The van der Waals surface area contributed by atoms with E-state index >= 15 is 0 Å². The summed E-state index contributed by atoms with van der Waals surface area (Å²) in [6, 6.07) is 2.03. The molecule has 0 unspecified atom stereocenters. The molecule has 0 atom stereocenters. The largest absolute Gasteiger partial charge is 0.351 e. The van der Waals surface area contributed by atoms with Crippen LogP contribution >= 0.6 is 0 Å². The predicted octanol–water partition coefficient (Wildman–Crippen LogP) is 3.37. The molecule has 1 amide bonds. The highest BCUT2D eigenvalue weighted by atomic mass is 19.3. The zero-order valence-electron chi connectivity index (χ0n) is 18.3. The van der Waals surface area contributed by atoms with E-state index in [0.29, 0.717) is 28.6 Å². The van der Waals surface area contributed by atoms with E-state index in [2.05, 4.69) is 30.2 Å². The number of imidazole rings is 1. The van der Waals surface area contributed by atoms with Gasteiger partial charge in [-0.1, -0.05) is 0 Å². The third-order valence-electron chi connectivity index (χ3n) is 6.13. The van der Waals surface area contributed by atoms with Gasteiger partial charge >= 0.3 is 0 Å². The van der Waals surface area contributed by atoms with Crippen molar-refractivity contribution < 1.29 is 13.6 Å². The maximum absolute atomic E-state index is 13.0. The summed E-state index contributed by atoms with van der Waals surface area (Å²) in [5.74, 6) is 1.13. The van der Waals surface area contributed by atoms with E-state index in [1.807, 2.05) is 17.2 Å². The van der Waals surface area contributed by atoms with E-state index in [1.165, 1.54) is 4.57 Å². The van der Waals surface area contributed by atoms with Gasteiger partial charge in [-0.25, -0.2) is 23.7 Å². The van der Waals surface area contributed by atoms with Crippen molar-refractivity contribution in [2.24, 2.45) is 0 Å². The van der Waals surface area contributed by atoms with Crippen molar-refractivity contribution in [1.82, 2.24) is 34.4 Å². The molecule has 9 nitrogen and oxygen atoms in total. The first kappa shape index (κ1) is 21.2. The Morgan fingerprint density at radius 2 is 2.03 bits per heavy atom. The number of likely N-dealkylation sites (tertiary alicyclic amines) is 1. The highest BCUT2D eigenvalue weighted by molar-refractivity contribution is 5.95. The van der Waals surface area contributed by atoms with E-state index < -0.39 is 13.0 Å². The summed E-state index contributed by atoms with van der Waals surface area (Å²) < 4.78 is 27.6. The number of amides is 1. The lowest BCUT2D eigenvalue weighted by atomic mass is 10.1. The van der Waals surface area contributed by atoms with Crippen molar-refractivity contribution in [1.29, 1.82) is 0 Å². The summed E-state index contributed by atoms with van der Waals surface area (Å²) >= 11 is 0. The van der Waals surface area contributed by atoms with Gasteiger partial charge in [0.2, 0.25) is 11.9 Å². The molecule has 1 aliphatic rings. The number of fused-ring (bicyclic) bond motifs is 2. The molecule has 0 saturated carbocycles. The SMILES string of the molecule is CC(=O)N1CCC(Nc2ncc3c(-c4cnc5nc(C)n(CC(F)F)c5c4)c[nH]c3n2)CC1. The molecule has 5 heterocycles. The van der Waals surface area contributed by atoms with Crippen molar-refractivity contribution in [2.75, 3.05) is 18.4 Å². The molecule has 33 heavy (non-hydrogen) atoms. The molecule has 11 heteroatoms. The molecule has 4 aromatic rings. The van der Waals surface area contributed by atoms with Gasteiger partial charge in [0.05, 0.1) is 12.1 Å². The Balaban J connectivity index is 1.40. The number of nitrogens with zero attached hydrogens (tertiary/aromatic N) is 6. The Kier molecular flexibility index (Phi) is 5.39. The number of alkyl halides is 2. The van der Waals surface area contributed by atoms with E-state index in [4.69, 9.17) is 0 Å². The van der Waals surface area contributed by atoms with E-state index in [0.717, 1.165) is 42.4 Å². The zero-order valence-corrected chi connectivity index (χ0v) is 18.3. The topological polar surface area (TPSA) is 105 Å². The number of carbonyl (C=O) groups excluding carboxylic acids is 1. The number of rotatable bonds is 5. The summed E-state index contributed by atoms with van der Waals surface area (Å²) in [7, 11) is 0. The van der Waals surface area contributed by atoms with Gasteiger partial charge in [0, 0.05) is 61.2 Å². The lowest BCUT2D eigenvalue weighted by Gasteiger charge is -2.31. The average molecular weight is 454 g/mol. The number of halogens is 2. The first-order valence-electron chi connectivity index (χ1n) is 10.9. The van der Waals surface area contributed by atoms with Crippen molar-refractivity contribution >= 4 is 34.1 Å². The second-order valence-electron chi connectivity index (χ2n) is 8.31. The van der Waals surface area contributed by atoms with Crippen LogP contribution in [0.4, 0.5) is 14.7 Å². The number of aromatic nitrogens is 6. The maximum atomic E-state index is 13.0. The second kappa shape index (κ2) is 8.38. The van der Waals surface area contributed by atoms with Crippen LogP contribution in [0.5, 0.6) is 0 Å². The molecule has 1 aliphatic heterocycles. The van der Waals surface area contributed by atoms with E-state index in [1.54, 1.807) is 26.2 Å². The van der Waals surface area contributed by atoms with Gasteiger partial charge in [-0.05, 0) is 25.8 Å². The molecule has 2 N–H and O–H groups in total. The van der Waals surface area contributed by atoms with Crippen molar-refractivity contribution in [3.8, 4) is 11.1 Å². The van der Waals surface area contributed by atoms with E-state index in [-0.39, 0.29) is 11.9 Å². The molecule has 4 aromatic heterocycles. The van der Waals surface area contributed by atoms with Crippen molar-refractivity contribution in [3.05, 3.63) is 30.5 Å². The Morgan fingerprint density at radius 1 is 1.24 bits per heavy atom. The molecular weight excluding hydrogens is 430 g/mol. The quantitative estimate of drug-likeness (QED) is 0.479. The number of nitrogens with one attached hydrogen (secondary N) is 2. The molecule has 0 bridgehead atoms. The first-order valence-corrected chi connectivity index (χ1v) is 10.9. The number of H-pyrrole nitrogens is 1. The summed E-state index contributed by atoms with van der Waals surface area (Å²) in [6.07, 6.45) is 4.44. The number of pyridine rings is 1. The van der Waals surface area contributed by atoms with Crippen molar-refractivity contribution in [3.63, 3.8) is 0 Å². The van der Waals surface area contributed by atoms with Crippen LogP contribution in [0.3, 0.4) is 0 Å². The van der Waals surface area contributed by atoms with Crippen LogP contribution in [-0.2, 0) is 11.3 Å². The molecule has 0 aliphatic carbocycles. The lowest BCUT2D eigenvalue weighted by molar-refractivity contribution is -0.129. The number of carbonyl (C=O) groups is 1. The summed E-state index contributed by atoms with van der Waals surface area (Å²) in [6.45, 7) is 4.30. The van der Waals surface area contributed by atoms with Gasteiger partial charge in [0.25, 0.3) is 6.43 Å². The Morgan fingerprint density at radius 3 is 2.76 bits per heavy atom. The maximum Gasteiger partial charge on any atom is 0.256 e. The normalized spacial score (nSPS) is 15.1. The average Bonchev–Trinajstić information content (AvgIpc) is 3.34. The van der Waals surface area contributed by atoms with Crippen LogP contribution in [0.15, 0.2) is 24.7 Å². The Hall–Kier alpha value is -3.63. The molecular formula is C22H24F2N8O. The van der Waals surface area contributed by atoms with Crippen LogP contribution in [0.25, 0.3) is 33.3 Å². The van der Waals surface area contributed by atoms with Crippen molar-refractivity contribution in [2.45, 2.75) is 45.7 Å². The smallest absolute Gasteiger partial charge is 0.256 e. The fraction of sp³-hybridized carbons (Fsp3) is 0.409. The molecule has 172 valence electrons. The highest BCUT2D eigenvalue weighted by Gasteiger charge is 2.21. The second-order valence-corrected chi connectivity index (χ2v) is 8.31. The molecule has 0 spiro atoms. The number of piperidine rings is 1. The van der Waals surface area contributed by atoms with Crippen LogP contribution in [-0.4, -0.2) is 65.9 Å². The lowest BCUT2D eigenvalue weighted by Crippen LogP contribution is -2.41. The number of aromatic amines is 1. The fourth-order valence-corrected chi connectivity index (χ4v) is 4.37. The summed E-state index contributed by atoms with van der Waals surface area (Å²) in [4.78, 5) is 34.3. The van der Waals surface area contributed by atoms with Crippen LogP contribution in [0, 0.1) is 6.92 Å². The minimum atomic E-state index is -2.48. The monoisotopic (exact) mass is 454 g/mol. The third kappa shape index (κ3) is 4.10. The Labute approximate surface area is 188 Å². The molecule has 5 rings (SSSR count). The fourth-order valence-electron chi connectivity index (χ4n) is 4.37. The Bertz CT molecular complexity index is 1320. The van der Waals surface area contributed by atoms with Gasteiger partial charge in [-0.3, -0.25) is 4.79 Å². The molecule has 1 fully saturated rings. The minimum absolute atomic E-state index is 0.102. The van der Waals surface area contributed by atoms with Crippen LogP contribution < -0.4 is 5.32 Å². The third-order valence-corrected chi connectivity index (χ3v) is 6.13. The summed E-state index contributed by atoms with van der Waals surface area (Å²) in [5, 5.41) is 4.17. The standard InChI is InChI=1S/C22H24F2N8O/c1-12-28-21-18(32(12)11-19(23)24)7-14(8-25-21)16-9-26-20-17(16)10-27-22(30-20)29-15-3-5-31(6-4-15)13(2)33/h7-10,15,19H,3-6,11H2,1-2H3,(H2,26,27,29,30). The minimum Gasteiger partial charge on any atom is -0.351 e. The first-order chi connectivity index (χ1) is 15.9. The van der Waals surface area contributed by atoms with Gasteiger partial charge in [-0.2, -0.15) is 4.98 Å². The summed E-state index contributed by atoms with van der Waals surface area (Å²) in [5.41, 5.74) is 3.28. The molecule has 1 saturated heterocycles. The number of hydrogen-bond acceptors (Lipinski definition) is 6. The number of aryl methyl sites for hydroxylation is 1. The van der Waals surface area contributed by atoms with E-state index in [9.17, 15) is 13.6 Å². The predicted molar refractivity (Wildman–Crippen MR) is 120 cm³/mol. The zero-order chi connectivity index (χ0) is 23.1. The van der Waals surface area contributed by atoms with Crippen LogP contribution in [0.2, 0.25) is 0 Å². The number of anilines is 1. The molecule has 0 aromatic carbocycles. The van der Waals surface area contributed by atoms with Gasteiger partial charge in [0.1, 0.15) is 11.5 Å². The molecule has 0 radical (unpaired) electrons. The van der Waals surface area contributed by atoms with Crippen LogP contribution in [0.1, 0.15) is 25.6 Å². The highest BCUT2D eigenvalue weighted by Crippen LogP contribution is 2.30. The van der Waals surface area contributed by atoms with Gasteiger partial charge in [0.15, 0.2) is 5.65 Å². The van der Waals surface area contributed by atoms with Gasteiger partial charge in [-0.15, -0.1) is 0 Å². The number of hydrogen-bond donors (Lipinski definition) is 2. The van der Waals surface area contributed by atoms with Gasteiger partial charge < -0.3 is 19.8 Å².